The summed E-state index contributed by atoms with van der Waals surface area (Å²) in [5.41, 5.74) is -1.04. The van der Waals surface area contributed by atoms with E-state index >= 15 is 0 Å². The number of oxime groups is 1. The second kappa shape index (κ2) is 20.1. The van der Waals surface area contributed by atoms with Crippen LogP contribution in [-0.2, 0) is 41.9 Å². The standard InChI is InChI=1S/C46H51N7O11S/c1-44(2,3)61-41(57)46(7,8)64-53-38(33-26-65-42(50-33)51-43(58)62-45(4,5)6)34(54)19-29-32(49-39(29)55)22-48-40(56)36-21-31(52-63-36)30-20-35(59-24-27-15-11-9-12-16-27)37(23-47-30)60-25-28-17-13-10-14-18-28/h9-18,20-21,23,26,29,32H,19,22,24-25H2,1-8H3,(H,48,56)(H,49,55)(H,50,51,58)/b53-38-/t29-,32+/m0/s1. The van der Waals surface area contributed by atoms with E-state index in [0.717, 1.165) is 22.5 Å². The Morgan fingerprint density at radius 2 is 1.46 bits per heavy atom. The fraction of sp³-hybridized carbons (Fsp3) is 0.370. The third-order valence-corrected chi connectivity index (χ3v) is 9.97. The molecule has 0 unspecified atom stereocenters. The highest BCUT2D eigenvalue weighted by molar-refractivity contribution is 7.14. The number of Topliss-reactive ketones (excluding diaryl/α,β-unsaturated/α-hetero) is 1. The molecule has 3 N–H and O–H groups in total. The van der Waals surface area contributed by atoms with Crippen molar-refractivity contribution < 1.29 is 52.3 Å². The molecule has 1 fully saturated rings. The van der Waals surface area contributed by atoms with Gasteiger partial charge in [-0.05, 0) is 66.5 Å². The van der Waals surface area contributed by atoms with Crippen molar-refractivity contribution in [3.05, 3.63) is 107 Å². The predicted molar refractivity (Wildman–Crippen MR) is 238 cm³/mol. The van der Waals surface area contributed by atoms with Gasteiger partial charge in [-0.25, -0.2) is 14.6 Å². The zero-order valence-corrected chi connectivity index (χ0v) is 38.1. The number of ether oxygens (including phenoxy) is 4. The number of carbonyl (C=O) groups is 5. The smallest absolute Gasteiger partial charge is 0.413 e. The van der Waals surface area contributed by atoms with Gasteiger partial charge in [0.1, 0.15) is 35.8 Å². The van der Waals surface area contributed by atoms with Crippen molar-refractivity contribution in [3.63, 3.8) is 0 Å². The maximum absolute atomic E-state index is 13.9. The Labute approximate surface area is 379 Å². The number of esters is 1. The van der Waals surface area contributed by atoms with Gasteiger partial charge in [-0.3, -0.25) is 24.7 Å². The molecular formula is C46H51N7O11S. The molecular weight excluding hydrogens is 859 g/mol. The van der Waals surface area contributed by atoms with Crippen molar-refractivity contribution in [1.82, 2.24) is 25.8 Å². The summed E-state index contributed by atoms with van der Waals surface area (Å²) in [6.07, 6.45) is 0.384. The van der Waals surface area contributed by atoms with Crippen molar-refractivity contribution >= 4 is 51.8 Å². The first-order valence-corrected chi connectivity index (χ1v) is 21.5. The van der Waals surface area contributed by atoms with E-state index in [9.17, 15) is 24.0 Å². The molecule has 1 aliphatic rings. The van der Waals surface area contributed by atoms with Gasteiger partial charge in [-0.2, -0.15) is 0 Å². The quantitative estimate of drug-likeness (QED) is 0.0346. The molecule has 18 nitrogen and oxygen atoms in total. The van der Waals surface area contributed by atoms with Crippen molar-refractivity contribution in [2.45, 2.75) is 97.9 Å². The molecule has 0 aliphatic carbocycles. The van der Waals surface area contributed by atoms with Crippen LogP contribution in [0.3, 0.4) is 0 Å². The highest BCUT2D eigenvalue weighted by Crippen LogP contribution is 2.32. The van der Waals surface area contributed by atoms with Crippen LogP contribution in [0.1, 0.15) is 89.2 Å². The lowest BCUT2D eigenvalue weighted by Gasteiger charge is -2.36. The maximum atomic E-state index is 13.9. The van der Waals surface area contributed by atoms with Gasteiger partial charge >= 0.3 is 12.1 Å². The lowest BCUT2D eigenvalue weighted by molar-refractivity contribution is -0.179. The largest absolute Gasteiger partial charge is 0.485 e. The number of aromatic nitrogens is 3. The van der Waals surface area contributed by atoms with Crippen LogP contribution in [0, 0.1) is 5.92 Å². The number of nitrogens with zero attached hydrogens (tertiary/aromatic N) is 4. The molecule has 19 heteroatoms. The Bertz CT molecular complexity index is 2530. The van der Waals surface area contributed by atoms with E-state index in [0.29, 0.717) is 17.2 Å². The molecule has 65 heavy (non-hydrogen) atoms. The number of β-lactam (4-membered cyclic amide) rings is 1. The van der Waals surface area contributed by atoms with Gasteiger partial charge in [0.05, 0.1) is 23.9 Å². The van der Waals surface area contributed by atoms with Crippen LogP contribution in [0.5, 0.6) is 11.5 Å². The van der Waals surface area contributed by atoms with E-state index in [1.54, 1.807) is 47.6 Å². The normalized spacial score (nSPS) is 15.2. The van der Waals surface area contributed by atoms with Gasteiger partial charge < -0.3 is 38.9 Å². The Morgan fingerprint density at radius 1 is 0.831 bits per heavy atom. The molecule has 5 aromatic rings. The SMILES string of the molecule is CC(C)(C)OC(=O)Nc1nc(/C(=N/OC(C)(C)C(=O)OC(C)(C)C)C(=O)C[C@@H]2C(=O)N[C@@H]2CNC(=O)c2cc(-c3cc(OCc4ccccc4)c(OCc4ccccc4)cn3)no2)cs1. The van der Waals surface area contributed by atoms with Crippen LogP contribution >= 0.6 is 11.3 Å². The second-order valence-corrected chi connectivity index (χ2v) is 18.3. The summed E-state index contributed by atoms with van der Waals surface area (Å²) >= 11 is 0.990. The van der Waals surface area contributed by atoms with Gasteiger partial charge in [-0.15, -0.1) is 11.3 Å². The van der Waals surface area contributed by atoms with Crippen molar-refractivity contribution in [2.75, 3.05) is 11.9 Å². The second-order valence-electron chi connectivity index (χ2n) is 17.4. The third kappa shape index (κ3) is 13.4. The molecule has 3 amide bonds. The number of rotatable bonds is 18. The van der Waals surface area contributed by atoms with Gasteiger partial charge in [0.2, 0.25) is 17.3 Å². The number of anilines is 1. The first kappa shape index (κ1) is 47.3. The number of carbonyl (C=O) groups excluding carboxylic acids is 5. The van der Waals surface area contributed by atoms with Crippen molar-refractivity contribution in [3.8, 4) is 22.9 Å². The summed E-state index contributed by atoms with van der Waals surface area (Å²) in [7, 11) is 0. The van der Waals surface area contributed by atoms with Gasteiger partial charge in [-0.1, -0.05) is 71.0 Å². The van der Waals surface area contributed by atoms with Crippen LogP contribution in [0.25, 0.3) is 11.4 Å². The number of hydrogen-bond acceptors (Lipinski definition) is 16. The average molecular weight is 910 g/mol. The molecule has 0 spiro atoms. The lowest BCUT2D eigenvalue weighted by atomic mass is 9.84. The van der Waals surface area contributed by atoms with Crippen LogP contribution < -0.4 is 25.4 Å². The molecule has 2 aromatic carbocycles. The summed E-state index contributed by atoms with van der Waals surface area (Å²) < 4.78 is 28.4. The van der Waals surface area contributed by atoms with Crippen LogP contribution in [0.4, 0.5) is 9.93 Å². The van der Waals surface area contributed by atoms with E-state index in [2.05, 4.69) is 36.2 Å². The molecule has 0 bridgehead atoms. The number of ketones is 1. The number of pyridine rings is 1. The molecule has 1 aliphatic heterocycles. The van der Waals surface area contributed by atoms with Crippen LogP contribution in [0.2, 0.25) is 0 Å². The van der Waals surface area contributed by atoms with E-state index < -0.39 is 58.4 Å². The fourth-order valence-electron chi connectivity index (χ4n) is 5.92. The van der Waals surface area contributed by atoms with Crippen molar-refractivity contribution in [1.29, 1.82) is 0 Å². The van der Waals surface area contributed by atoms with E-state index in [-0.39, 0.29) is 54.2 Å². The monoisotopic (exact) mass is 909 g/mol. The number of nitrogens with one attached hydrogen (secondary N) is 3. The van der Waals surface area contributed by atoms with E-state index in [4.69, 9.17) is 28.3 Å². The molecule has 4 heterocycles. The molecule has 0 saturated carbocycles. The minimum Gasteiger partial charge on any atom is -0.485 e. The summed E-state index contributed by atoms with van der Waals surface area (Å²) in [5, 5.41) is 17.6. The van der Waals surface area contributed by atoms with Gasteiger partial charge in [0.15, 0.2) is 28.1 Å². The number of hydrogen-bond donors (Lipinski definition) is 3. The third-order valence-electron chi connectivity index (χ3n) is 9.21. The number of benzene rings is 2. The molecule has 2 atom stereocenters. The van der Waals surface area contributed by atoms with Gasteiger partial charge in [0.25, 0.3) is 5.91 Å². The molecule has 1 saturated heterocycles. The Morgan fingerprint density at radius 3 is 2.08 bits per heavy atom. The fourth-order valence-corrected chi connectivity index (χ4v) is 6.60. The van der Waals surface area contributed by atoms with Gasteiger partial charge in [0, 0.05) is 30.5 Å². The van der Waals surface area contributed by atoms with Crippen LogP contribution in [-0.4, -0.2) is 79.9 Å². The highest BCUT2D eigenvalue weighted by Gasteiger charge is 2.42. The highest BCUT2D eigenvalue weighted by atomic mass is 32.1. The number of thiazole rings is 1. The Balaban J connectivity index is 1.12. The zero-order chi connectivity index (χ0) is 46.9. The number of amides is 3. The van der Waals surface area contributed by atoms with Crippen LogP contribution in [0.15, 0.2) is 94.1 Å². The molecule has 0 radical (unpaired) electrons. The zero-order valence-electron chi connectivity index (χ0n) is 37.3. The summed E-state index contributed by atoms with van der Waals surface area (Å²) in [6.45, 7) is 13.5. The molecule has 3 aromatic heterocycles. The van der Waals surface area contributed by atoms with Crippen molar-refractivity contribution in [2.24, 2.45) is 11.1 Å². The summed E-state index contributed by atoms with van der Waals surface area (Å²) in [6, 6.07) is 21.7. The average Bonchev–Trinajstić information content (AvgIpc) is 3.93. The predicted octanol–water partition coefficient (Wildman–Crippen LogP) is 7.04. The minimum absolute atomic E-state index is 0.00970. The lowest BCUT2D eigenvalue weighted by Crippen LogP contribution is -2.62. The molecule has 342 valence electrons. The minimum atomic E-state index is -1.64. The first-order chi connectivity index (χ1) is 30.7. The Kier molecular flexibility index (Phi) is 14.7. The first-order valence-electron chi connectivity index (χ1n) is 20.6. The summed E-state index contributed by atoms with van der Waals surface area (Å²) in [5.74, 6) is -2.68. The van der Waals surface area contributed by atoms with E-state index in [1.807, 2.05) is 60.7 Å². The summed E-state index contributed by atoms with van der Waals surface area (Å²) in [4.78, 5) is 79.9. The Hall–Kier alpha value is -7.15. The topological polar surface area (TPSA) is 232 Å². The molecule has 6 rings (SSSR count). The van der Waals surface area contributed by atoms with E-state index in [1.165, 1.54) is 31.5 Å². The maximum Gasteiger partial charge on any atom is 0.413 e.